The molecule has 192 valence electrons. The number of methoxy groups -OCH3 is 1. The van der Waals surface area contributed by atoms with Crippen molar-refractivity contribution in [3.8, 4) is 5.75 Å². The number of nitrogens with one attached hydrogen (secondary N) is 1. The van der Waals surface area contributed by atoms with Gasteiger partial charge in [-0.15, -0.1) is 0 Å². The molecule has 35 heavy (non-hydrogen) atoms. The summed E-state index contributed by atoms with van der Waals surface area (Å²) in [6, 6.07) is 7.55. The molecule has 0 bridgehead atoms. The lowest BCUT2D eigenvalue weighted by Gasteiger charge is -2.41. The third-order valence-electron chi connectivity index (χ3n) is 7.95. The molecule has 1 saturated carbocycles. The molecule has 2 aliphatic heterocycles. The van der Waals surface area contributed by atoms with Crippen LogP contribution in [0.2, 0.25) is 0 Å². The number of fused-ring (bicyclic) bond motifs is 1. The highest BCUT2D eigenvalue weighted by Crippen LogP contribution is 2.47. The number of carbonyl (C=O) groups is 2. The molecule has 4 rings (SSSR count). The molecule has 2 heterocycles. The zero-order chi connectivity index (χ0) is 25.5. The number of ether oxygens (including phenoxy) is 2. The van der Waals surface area contributed by atoms with Crippen molar-refractivity contribution in [2.75, 3.05) is 13.7 Å². The summed E-state index contributed by atoms with van der Waals surface area (Å²) in [5.41, 5.74) is 6.50. The van der Waals surface area contributed by atoms with E-state index in [9.17, 15) is 9.59 Å². The summed E-state index contributed by atoms with van der Waals surface area (Å²) in [6.07, 6.45) is 2.33. The Hall–Kier alpha value is -2.61. The Balaban J connectivity index is 1.50. The minimum Gasteiger partial charge on any atom is -0.487 e. The van der Waals surface area contributed by atoms with Gasteiger partial charge in [0.15, 0.2) is 5.96 Å². The van der Waals surface area contributed by atoms with Crippen molar-refractivity contribution >= 4 is 17.8 Å². The van der Waals surface area contributed by atoms with Crippen LogP contribution >= 0.6 is 0 Å². The van der Waals surface area contributed by atoms with Gasteiger partial charge in [-0.25, -0.2) is 4.99 Å². The summed E-state index contributed by atoms with van der Waals surface area (Å²) in [7, 11) is 1.64. The lowest BCUT2D eigenvalue weighted by Crippen LogP contribution is -2.57. The van der Waals surface area contributed by atoms with E-state index in [1.54, 1.807) is 12.0 Å². The number of amides is 2. The van der Waals surface area contributed by atoms with Crippen molar-refractivity contribution in [2.45, 2.75) is 83.5 Å². The predicted molar refractivity (Wildman–Crippen MR) is 135 cm³/mol. The second-order valence-electron chi connectivity index (χ2n) is 11.4. The summed E-state index contributed by atoms with van der Waals surface area (Å²) in [5.74, 6) is 1.10. The van der Waals surface area contributed by atoms with Gasteiger partial charge in [0.1, 0.15) is 11.4 Å². The van der Waals surface area contributed by atoms with Crippen LogP contribution in [0.5, 0.6) is 5.75 Å². The standard InChI is InChI=1S/C27H40N4O4/c1-16(2)27(5)15-23(32)31(25(28)30-27)21(11-12-34-6)18-13-19(18)24(33)29-20-14-26(3,4)35-22-10-8-7-9-17(20)22/h7-10,16,18-21H,11-15H2,1-6H3,(H2,28,30)(H,29,33). The Bertz CT molecular complexity index is 1010. The largest absolute Gasteiger partial charge is 0.487 e. The fourth-order valence-electron chi connectivity index (χ4n) is 5.49. The second kappa shape index (κ2) is 9.45. The maximum absolute atomic E-state index is 13.4. The van der Waals surface area contributed by atoms with Gasteiger partial charge in [-0.3, -0.25) is 14.5 Å². The van der Waals surface area contributed by atoms with Gasteiger partial charge in [0.25, 0.3) is 0 Å². The third kappa shape index (κ3) is 5.17. The highest BCUT2D eigenvalue weighted by molar-refractivity contribution is 5.99. The average Bonchev–Trinajstić information content (AvgIpc) is 3.55. The molecule has 1 aliphatic carbocycles. The number of guanidine groups is 1. The van der Waals surface area contributed by atoms with Crippen LogP contribution in [-0.2, 0) is 14.3 Å². The summed E-state index contributed by atoms with van der Waals surface area (Å²) in [6.45, 7) is 10.6. The second-order valence-corrected chi connectivity index (χ2v) is 11.4. The average molecular weight is 485 g/mol. The molecule has 0 radical (unpaired) electrons. The van der Waals surface area contributed by atoms with Crippen LogP contribution < -0.4 is 15.8 Å². The van der Waals surface area contributed by atoms with Crippen LogP contribution in [0.25, 0.3) is 0 Å². The Morgan fingerprint density at radius 1 is 1.31 bits per heavy atom. The number of aliphatic imine (C=N–C) groups is 1. The van der Waals surface area contributed by atoms with Crippen LogP contribution in [0.3, 0.4) is 0 Å². The van der Waals surface area contributed by atoms with Crippen molar-refractivity contribution in [3.63, 3.8) is 0 Å². The predicted octanol–water partition coefficient (Wildman–Crippen LogP) is 3.41. The molecule has 1 aromatic carbocycles. The monoisotopic (exact) mass is 484 g/mol. The Labute approximate surface area is 208 Å². The van der Waals surface area contributed by atoms with Crippen LogP contribution in [-0.4, -0.2) is 53.6 Å². The zero-order valence-electron chi connectivity index (χ0n) is 21.8. The van der Waals surface area contributed by atoms with Gasteiger partial charge in [0.2, 0.25) is 11.8 Å². The first-order chi connectivity index (χ1) is 16.5. The maximum Gasteiger partial charge on any atom is 0.231 e. The molecule has 0 spiro atoms. The molecule has 5 atom stereocenters. The highest BCUT2D eigenvalue weighted by atomic mass is 16.5. The summed E-state index contributed by atoms with van der Waals surface area (Å²) in [4.78, 5) is 33.0. The van der Waals surface area contributed by atoms with Gasteiger partial charge in [0, 0.05) is 37.7 Å². The van der Waals surface area contributed by atoms with E-state index in [0.29, 0.717) is 32.3 Å². The molecular weight excluding hydrogens is 444 g/mol. The smallest absolute Gasteiger partial charge is 0.231 e. The summed E-state index contributed by atoms with van der Waals surface area (Å²) < 4.78 is 11.4. The molecule has 1 fully saturated rings. The van der Waals surface area contributed by atoms with E-state index >= 15 is 0 Å². The number of carbonyl (C=O) groups excluding carboxylic acids is 2. The minimum absolute atomic E-state index is 0.0157. The molecule has 0 aromatic heterocycles. The van der Waals surface area contributed by atoms with E-state index in [-0.39, 0.29) is 53.2 Å². The first-order valence-electron chi connectivity index (χ1n) is 12.7. The number of nitrogens with zero attached hydrogens (tertiary/aromatic N) is 2. The zero-order valence-corrected chi connectivity index (χ0v) is 21.8. The molecular formula is C27H40N4O4. The third-order valence-corrected chi connectivity index (χ3v) is 7.95. The van der Waals surface area contributed by atoms with Gasteiger partial charge in [-0.05, 0) is 51.5 Å². The normalized spacial score (nSPS) is 30.3. The van der Waals surface area contributed by atoms with Crippen molar-refractivity contribution in [1.82, 2.24) is 10.2 Å². The molecule has 2 amide bonds. The fourth-order valence-corrected chi connectivity index (χ4v) is 5.49. The van der Waals surface area contributed by atoms with Crippen LogP contribution in [0.1, 0.15) is 71.9 Å². The lowest BCUT2D eigenvalue weighted by atomic mass is 9.84. The Kier molecular flexibility index (Phi) is 6.88. The van der Waals surface area contributed by atoms with Crippen LogP contribution in [0.15, 0.2) is 29.3 Å². The SMILES string of the molecule is COCCC(C1CC1C(=O)NC1CC(C)(C)Oc2ccccc21)N1C(=O)CC(C)(C(C)C)N=C1N. The molecule has 3 aliphatic rings. The Morgan fingerprint density at radius 3 is 2.69 bits per heavy atom. The maximum atomic E-state index is 13.4. The summed E-state index contributed by atoms with van der Waals surface area (Å²) >= 11 is 0. The van der Waals surface area contributed by atoms with Crippen LogP contribution in [0, 0.1) is 17.8 Å². The number of rotatable bonds is 8. The molecule has 8 heteroatoms. The van der Waals surface area contributed by atoms with Crippen molar-refractivity contribution in [2.24, 2.45) is 28.5 Å². The van der Waals surface area contributed by atoms with Gasteiger partial charge in [0.05, 0.1) is 18.0 Å². The molecule has 3 N–H and O–H groups in total. The van der Waals surface area contributed by atoms with E-state index in [2.05, 4.69) is 19.2 Å². The molecule has 8 nitrogen and oxygen atoms in total. The van der Waals surface area contributed by atoms with Gasteiger partial charge >= 0.3 is 0 Å². The van der Waals surface area contributed by atoms with Gasteiger partial charge < -0.3 is 20.5 Å². The molecule has 5 unspecified atom stereocenters. The lowest BCUT2D eigenvalue weighted by molar-refractivity contribution is -0.133. The van der Waals surface area contributed by atoms with E-state index < -0.39 is 5.54 Å². The van der Waals surface area contributed by atoms with E-state index in [0.717, 1.165) is 11.3 Å². The van der Waals surface area contributed by atoms with Gasteiger partial charge in [-0.2, -0.15) is 0 Å². The van der Waals surface area contributed by atoms with Crippen LogP contribution in [0.4, 0.5) is 0 Å². The van der Waals surface area contributed by atoms with Crippen molar-refractivity contribution in [1.29, 1.82) is 0 Å². The molecule has 1 aromatic rings. The Morgan fingerprint density at radius 2 is 2.03 bits per heavy atom. The van der Waals surface area contributed by atoms with E-state index in [1.807, 2.05) is 45.0 Å². The van der Waals surface area contributed by atoms with Crippen molar-refractivity contribution in [3.05, 3.63) is 29.8 Å². The fraction of sp³-hybridized carbons (Fsp3) is 0.667. The first-order valence-corrected chi connectivity index (χ1v) is 12.7. The number of nitrogens with two attached hydrogens (primary N) is 1. The minimum atomic E-state index is -0.507. The number of hydrogen-bond donors (Lipinski definition) is 2. The van der Waals surface area contributed by atoms with E-state index in [1.165, 1.54) is 0 Å². The summed E-state index contributed by atoms with van der Waals surface area (Å²) in [5, 5.41) is 3.27. The quantitative estimate of drug-likeness (QED) is 0.588. The topological polar surface area (TPSA) is 106 Å². The van der Waals surface area contributed by atoms with Crippen molar-refractivity contribution < 1.29 is 19.1 Å². The molecule has 0 saturated heterocycles. The number of para-hydroxylation sites is 1. The van der Waals surface area contributed by atoms with Gasteiger partial charge in [-0.1, -0.05) is 32.0 Å². The number of benzene rings is 1. The van der Waals surface area contributed by atoms with E-state index in [4.69, 9.17) is 20.2 Å². The number of hydrogen-bond acceptors (Lipinski definition) is 6. The highest BCUT2D eigenvalue weighted by Gasteiger charge is 2.53. The first kappa shape index (κ1) is 25.5.